The van der Waals surface area contributed by atoms with E-state index < -0.39 is 0 Å². The summed E-state index contributed by atoms with van der Waals surface area (Å²) in [6.45, 7) is 0. The number of epoxide rings is 1. The molecule has 1 saturated heterocycles. The molecule has 1 amide bonds. The minimum absolute atomic E-state index is 0.0926. The van der Waals surface area contributed by atoms with Gasteiger partial charge in [-0.1, -0.05) is 0 Å². The molecule has 1 aromatic rings. The molecule has 0 radical (unpaired) electrons. The third-order valence-electron chi connectivity index (χ3n) is 3.09. The number of ether oxygens (including phenoxy) is 1. The molecule has 0 spiro atoms. The van der Waals surface area contributed by atoms with Crippen LogP contribution in [0.3, 0.4) is 0 Å². The van der Waals surface area contributed by atoms with E-state index in [-0.39, 0.29) is 28.4 Å². The molecule has 0 saturated carbocycles. The van der Waals surface area contributed by atoms with Crippen LogP contribution in [0.1, 0.15) is 27.6 Å². The fourth-order valence-electron chi connectivity index (χ4n) is 2.24. The van der Waals surface area contributed by atoms with Crippen molar-refractivity contribution in [2.45, 2.75) is 18.6 Å². The number of halogens is 2. The average Bonchev–Trinajstić information content (AvgIpc) is 2.94. The number of carbonyl (C=O) groups excluding carboxylic acids is 1. The lowest BCUT2D eigenvalue weighted by Crippen LogP contribution is -2.19. The smallest absolute Gasteiger partial charge is 0.252 e. The molecule has 3 rings (SSSR count). The largest absolute Gasteiger partial charge is 0.364 e. The Morgan fingerprint density at radius 3 is 3.12 bits per heavy atom. The monoisotopic (exact) mass is 285 g/mol. The van der Waals surface area contributed by atoms with Gasteiger partial charge in [0.25, 0.3) is 5.91 Å². The Bertz CT molecular complexity index is 503. The number of amides is 1. The van der Waals surface area contributed by atoms with Crippen LogP contribution in [-0.4, -0.2) is 19.1 Å². The highest BCUT2D eigenvalue weighted by atomic mass is 79.9. The maximum atomic E-state index is 14.0. The van der Waals surface area contributed by atoms with Gasteiger partial charge in [0.15, 0.2) is 0 Å². The molecule has 1 aromatic carbocycles. The molecule has 1 N–H and O–H groups in total. The van der Waals surface area contributed by atoms with Gasteiger partial charge in [-0.2, -0.15) is 0 Å². The van der Waals surface area contributed by atoms with Crippen LogP contribution in [0.15, 0.2) is 10.5 Å². The van der Waals surface area contributed by atoms with Crippen molar-refractivity contribution in [3.8, 4) is 0 Å². The van der Waals surface area contributed by atoms with E-state index in [1.165, 1.54) is 7.05 Å². The van der Waals surface area contributed by atoms with Crippen LogP contribution < -0.4 is 5.32 Å². The zero-order chi connectivity index (χ0) is 11.4. The standard InChI is InChI=1S/C11H9BrFNO2/c1-14-11(15)5-2-4-3-6-10(16-6)7(4)9(13)8(5)12/h2,6,10H,3H2,1H3,(H,14,15). The lowest BCUT2D eigenvalue weighted by Gasteiger charge is -2.10. The normalized spacial score (nSPS) is 24.9. The summed E-state index contributed by atoms with van der Waals surface area (Å²) in [6.07, 6.45) is 0.732. The molecular formula is C11H9BrFNO2. The predicted molar refractivity (Wildman–Crippen MR) is 58.8 cm³/mol. The van der Waals surface area contributed by atoms with E-state index in [0.717, 1.165) is 5.56 Å². The van der Waals surface area contributed by atoms with Crippen molar-refractivity contribution < 1.29 is 13.9 Å². The van der Waals surface area contributed by atoms with E-state index in [1.54, 1.807) is 6.07 Å². The van der Waals surface area contributed by atoms with Gasteiger partial charge in [0.2, 0.25) is 0 Å². The molecule has 2 unspecified atom stereocenters. The summed E-state index contributed by atoms with van der Waals surface area (Å²) in [4.78, 5) is 11.5. The molecule has 1 aliphatic heterocycles. The van der Waals surface area contributed by atoms with Crippen molar-refractivity contribution in [2.75, 3.05) is 7.05 Å². The van der Waals surface area contributed by atoms with E-state index in [0.29, 0.717) is 17.5 Å². The number of nitrogens with one attached hydrogen (secondary N) is 1. The summed E-state index contributed by atoms with van der Waals surface area (Å²) in [7, 11) is 1.53. The second kappa shape index (κ2) is 3.28. The van der Waals surface area contributed by atoms with E-state index in [2.05, 4.69) is 21.2 Å². The van der Waals surface area contributed by atoms with Gasteiger partial charge >= 0.3 is 0 Å². The Hall–Kier alpha value is -0.940. The Balaban J connectivity index is 2.17. The Morgan fingerprint density at radius 2 is 2.44 bits per heavy atom. The van der Waals surface area contributed by atoms with Crippen LogP contribution in [0.5, 0.6) is 0 Å². The summed E-state index contributed by atoms with van der Waals surface area (Å²) in [5.74, 6) is -0.642. The van der Waals surface area contributed by atoms with E-state index in [9.17, 15) is 9.18 Å². The molecule has 16 heavy (non-hydrogen) atoms. The first-order valence-corrected chi connectivity index (χ1v) is 5.81. The SMILES string of the molecule is CNC(=O)c1cc2c(c(F)c1Br)C1OC1C2. The zero-order valence-corrected chi connectivity index (χ0v) is 10.1. The molecule has 84 valence electrons. The second-order valence-electron chi connectivity index (χ2n) is 4.00. The van der Waals surface area contributed by atoms with Gasteiger partial charge in [0, 0.05) is 19.0 Å². The lowest BCUT2D eigenvalue weighted by molar-refractivity contribution is 0.0961. The number of hydrogen-bond donors (Lipinski definition) is 1. The molecule has 5 heteroatoms. The van der Waals surface area contributed by atoms with Crippen LogP contribution in [0.2, 0.25) is 0 Å². The molecular weight excluding hydrogens is 277 g/mol. The maximum Gasteiger partial charge on any atom is 0.252 e. The highest BCUT2D eigenvalue weighted by Crippen LogP contribution is 2.51. The molecule has 0 aromatic heterocycles. The number of fused-ring (bicyclic) bond motifs is 3. The van der Waals surface area contributed by atoms with Gasteiger partial charge in [-0.15, -0.1) is 0 Å². The van der Waals surface area contributed by atoms with E-state index in [1.807, 2.05) is 0 Å². The van der Waals surface area contributed by atoms with Gasteiger partial charge in [-0.25, -0.2) is 4.39 Å². The van der Waals surface area contributed by atoms with Gasteiger partial charge in [0.1, 0.15) is 11.9 Å². The highest BCUT2D eigenvalue weighted by molar-refractivity contribution is 9.10. The van der Waals surface area contributed by atoms with Crippen LogP contribution in [0.25, 0.3) is 0 Å². The van der Waals surface area contributed by atoms with Gasteiger partial charge in [-0.05, 0) is 27.6 Å². The summed E-state index contributed by atoms with van der Waals surface area (Å²) >= 11 is 3.13. The highest BCUT2D eigenvalue weighted by Gasteiger charge is 2.49. The van der Waals surface area contributed by atoms with Crippen molar-refractivity contribution in [1.29, 1.82) is 0 Å². The first-order valence-electron chi connectivity index (χ1n) is 5.01. The van der Waals surface area contributed by atoms with Gasteiger partial charge < -0.3 is 10.1 Å². The first-order chi connectivity index (χ1) is 7.63. The molecule has 1 heterocycles. The fourth-order valence-corrected chi connectivity index (χ4v) is 2.75. The lowest BCUT2D eigenvalue weighted by atomic mass is 10.0. The maximum absolute atomic E-state index is 14.0. The minimum Gasteiger partial charge on any atom is -0.364 e. The van der Waals surface area contributed by atoms with Gasteiger partial charge in [0.05, 0.1) is 16.1 Å². The molecule has 1 fully saturated rings. The summed E-state index contributed by atoms with van der Waals surface area (Å²) in [6, 6.07) is 1.75. The average molecular weight is 286 g/mol. The quantitative estimate of drug-likeness (QED) is 0.802. The molecule has 2 atom stereocenters. The molecule has 1 aliphatic carbocycles. The van der Waals surface area contributed by atoms with E-state index >= 15 is 0 Å². The topological polar surface area (TPSA) is 41.6 Å². The number of carbonyl (C=O) groups is 1. The number of rotatable bonds is 1. The predicted octanol–water partition coefficient (Wildman–Crippen LogP) is 1.94. The number of benzene rings is 1. The van der Waals surface area contributed by atoms with Crippen molar-refractivity contribution in [3.63, 3.8) is 0 Å². The first kappa shape index (κ1) is 10.2. The Labute approximate surface area is 100 Å². The van der Waals surface area contributed by atoms with Crippen molar-refractivity contribution >= 4 is 21.8 Å². The van der Waals surface area contributed by atoms with Crippen LogP contribution >= 0.6 is 15.9 Å². The minimum atomic E-state index is -0.360. The summed E-state index contributed by atoms with van der Waals surface area (Å²) in [5, 5.41) is 2.50. The van der Waals surface area contributed by atoms with Crippen molar-refractivity contribution in [3.05, 3.63) is 33.0 Å². The molecule has 2 aliphatic rings. The second-order valence-corrected chi connectivity index (χ2v) is 4.80. The number of hydrogen-bond acceptors (Lipinski definition) is 2. The van der Waals surface area contributed by atoms with E-state index in [4.69, 9.17) is 4.74 Å². The zero-order valence-electron chi connectivity index (χ0n) is 8.51. The summed E-state index contributed by atoms with van der Waals surface area (Å²) in [5.41, 5.74) is 1.85. The molecule has 0 bridgehead atoms. The van der Waals surface area contributed by atoms with Crippen LogP contribution in [0.4, 0.5) is 4.39 Å². The third-order valence-corrected chi connectivity index (χ3v) is 3.87. The third kappa shape index (κ3) is 1.25. The van der Waals surface area contributed by atoms with Crippen LogP contribution in [-0.2, 0) is 11.2 Å². The molecule has 3 nitrogen and oxygen atoms in total. The summed E-state index contributed by atoms with van der Waals surface area (Å²) < 4.78 is 19.5. The van der Waals surface area contributed by atoms with Gasteiger partial charge in [-0.3, -0.25) is 4.79 Å². The van der Waals surface area contributed by atoms with Crippen molar-refractivity contribution in [1.82, 2.24) is 5.32 Å². The fraction of sp³-hybridized carbons (Fsp3) is 0.364. The van der Waals surface area contributed by atoms with Crippen LogP contribution in [0, 0.1) is 5.82 Å². The Kier molecular flexibility index (Phi) is 2.09. The van der Waals surface area contributed by atoms with Crippen molar-refractivity contribution in [2.24, 2.45) is 0 Å². The Morgan fingerprint density at radius 1 is 1.69 bits per heavy atom.